The van der Waals surface area contributed by atoms with Gasteiger partial charge in [-0.3, -0.25) is 4.79 Å². The van der Waals surface area contributed by atoms with Crippen LogP contribution in [0.25, 0.3) is 11.4 Å². The predicted molar refractivity (Wildman–Crippen MR) is 88.8 cm³/mol. The highest BCUT2D eigenvalue weighted by Crippen LogP contribution is 2.27. The van der Waals surface area contributed by atoms with Crippen molar-refractivity contribution in [2.45, 2.75) is 43.5 Å². The second-order valence-corrected chi connectivity index (χ2v) is 7.47. The van der Waals surface area contributed by atoms with Gasteiger partial charge in [0.2, 0.25) is 11.1 Å². The molecule has 0 saturated heterocycles. The minimum Gasteiger partial charge on any atom is -0.369 e. The summed E-state index contributed by atoms with van der Waals surface area (Å²) in [6, 6.07) is 8.06. The number of amides is 1. The van der Waals surface area contributed by atoms with E-state index in [1.807, 2.05) is 12.1 Å². The number of rotatable bonds is 4. The van der Waals surface area contributed by atoms with Gasteiger partial charge in [0.15, 0.2) is 5.82 Å². The molecular formula is C15H21N5OS. The van der Waals surface area contributed by atoms with E-state index in [1.54, 1.807) is 6.92 Å². The molecule has 0 saturated carbocycles. The van der Waals surface area contributed by atoms with E-state index < -0.39 is 11.2 Å². The largest absolute Gasteiger partial charge is 0.369 e. The summed E-state index contributed by atoms with van der Waals surface area (Å²) >= 11 is 1.19. The van der Waals surface area contributed by atoms with Crippen LogP contribution in [0, 0.1) is 0 Å². The number of hydrogen-bond donors (Lipinski definition) is 2. The minimum absolute atomic E-state index is 0.0901. The molecule has 0 radical (unpaired) electrons. The molecule has 1 atom stereocenters. The topological polar surface area (TPSA) is 99.8 Å². The number of thioether (sulfide) groups is 1. The molecule has 4 N–H and O–H groups in total. The molecule has 118 valence electrons. The van der Waals surface area contributed by atoms with Crippen molar-refractivity contribution >= 4 is 17.7 Å². The fraction of sp³-hybridized carbons (Fsp3) is 0.400. The summed E-state index contributed by atoms with van der Waals surface area (Å²) in [6.07, 6.45) is 0. The molecule has 1 aromatic heterocycles. The summed E-state index contributed by atoms with van der Waals surface area (Å²) in [6.45, 7) is 8.19. The van der Waals surface area contributed by atoms with Crippen LogP contribution in [-0.2, 0) is 10.2 Å². The minimum atomic E-state index is -0.414. The Kier molecular flexibility index (Phi) is 4.46. The van der Waals surface area contributed by atoms with Crippen LogP contribution < -0.4 is 11.6 Å². The van der Waals surface area contributed by atoms with Gasteiger partial charge in [-0.15, -0.1) is 10.2 Å². The van der Waals surface area contributed by atoms with Gasteiger partial charge < -0.3 is 11.6 Å². The zero-order valence-corrected chi connectivity index (χ0v) is 14.0. The average molecular weight is 319 g/mol. The molecule has 0 aliphatic carbocycles. The van der Waals surface area contributed by atoms with Gasteiger partial charge in [0.05, 0.1) is 5.25 Å². The highest BCUT2D eigenvalue weighted by molar-refractivity contribution is 8.00. The first kappa shape index (κ1) is 16.4. The third-order valence-electron chi connectivity index (χ3n) is 3.36. The third kappa shape index (κ3) is 3.41. The normalized spacial score (nSPS) is 13.1. The number of hydrogen-bond acceptors (Lipinski definition) is 5. The van der Waals surface area contributed by atoms with Crippen molar-refractivity contribution in [1.82, 2.24) is 14.9 Å². The molecule has 0 aliphatic rings. The number of nitrogen functional groups attached to an aromatic ring is 1. The molecule has 2 rings (SSSR count). The van der Waals surface area contributed by atoms with E-state index in [4.69, 9.17) is 11.6 Å². The average Bonchev–Trinajstić information content (AvgIpc) is 2.79. The van der Waals surface area contributed by atoms with Crippen LogP contribution in [0.5, 0.6) is 0 Å². The Labute approximate surface area is 134 Å². The molecule has 0 bridgehead atoms. The summed E-state index contributed by atoms with van der Waals surface area (Å²) < 4.78 is 1.39. The van der Waals surface area contributed by atoms with Crippen LogP contribution in [0.4, 0.5) is 0 Å². The first-order chi connectivity index (χ1) is 10.2. The third-order valence-corrected chi connectivity index (χ3v) is 4.43. The van der Waals surface area contributed by atoms with Crippen LogP contribution >= 0.6 is 11.8 Å². The van der Waals surface area contributed by atoms with Gasteiger partial charge in [0.25, 0.3) is 0 Å². The Bertz CT molecular complexity index is 672. The van der Waals surface area contributed by atoms with E-state index in [1.165, 1.54) is 22.0 Å². The molecule has 2 aromatic rings. The number of carbonyl (C=O) groups is 1. The fourth-order valence-corrected chi connectivity index (χ4v) is 2.61. The number of nitrogens with zero attached hydrogens (tertiary/aromatic N) is 3. The summed E-state index contributed by atoms with van der Waals surface area (Å²) in [7, 11) is 0. The van der Waals surface area contributed by atoms with E-state index in [9.17, 15) is 4.79 Å². The first-order valence-electron chi connectivity index (χ1n) is 6.97. The molecule has 1 amide bonds. The van der Waals surface area contributed by atoms with Crippen molar-refractivity contribution in [3.05, 3.63) is 29.8 Å². The van der Waals surface area contributed by atoms with Crippen molar-refractivity contribution in [1.29, 1.82) is 0 Å². The van der Waals surface area contributed by atoms with Crippen LogP contribution in [-0.4, -0.2) is 26.0 Å². The predicted octanol–water partition coefficient (Wildman–Crippen LogP) is 1.92. The van der Waals surface area contributed by atoms with Gasteiger partial charge in [-0.25, -0.2) is 4.68 Å². The molecule has 1 aromatic carbocycles. The lowest BCUT2D eigenvalue weighted by Crippen LogP contribution is -2.23. The van der Waals surface area contributed by atoms with Crippen molar-refractivity contribution in [3.63, 3.8) is 0 Å². The van der Waals surface area contributed by atoms with Crippen molar-refractivity contribution in [2.24, 2.45) is 5.73 Å². The molecule has 6 nitrogen and oxygen atoms in total. The first-order valence-corrected chi connectivity index (χ1v) is 7.85. The maximum atomic E-state index is 11.1. The quantitative estimate of drug-likeness (QED) is 0.662. The smallest absolute Gasteiger partial charge is 0.230 e. The molecule has 0 fully saturated rings. The van der Waals surface area contributed by atoms with E-state index in [-0.39, 0.29) is 5.41 Å². The van der Waals surface area contributed by atoms with Crippen LogP contribution in [0.15, 0.2) is 29.4 Å². The Morgan fingerprint density at radius 2 is 1.82 bits per heavy atom. The van der Waals surface area contributed by atoms with Gasteiger partial charge in [-0.2, -0.15) is 0 Å². The SMILES string of the molecule is C[C@H](Sc1nnc(-c2ccc(C(C)(C)C)cc2)n1N)C(N)=O. The lowest BCUT2D eigenvalue weighted by Gasteiger charge is -2.19. The van der Waals surface area contributed by atoms with Crippen molar-refractivity contribution in [2.75, 3.05) is 5.84 Å². The molecule has 7 heteroatoms. The zero-order chi connectivity index (χ0) is 16.5. The number of carbonyl (C=O) groups excluding carboxylic acids is 1. The molecule has 22 heavy (non-hydrogen) atoms. The Hall–Kier alpha value is -2.02. The summed E-state index contributed by atoms with van der Waals surface area (Å²) in [5, 5.41) is 8.18. The molecular weight excluding hydrogens is 298 g/mol. The van der Waals surface area contributed by atoms with Crippen molar-refractivity contribution < 1.29 is 4.79 Å². The molecule has 1 heterocycles. The lowest BCUT2D eigenvalue weighted by molar-refractivity contribution is -0.117. The summed E-state index contributed by atoms with van der Waals surface area (Å²) in [5.74, 6) is 6.17. The summed E-state index contributed by atoms with van der Waals surface area (Å²) in [5.41, 5.74) is 7.45. The fourth-order valence-electron chi connectivity index (χ4n) is 1.89. The van der Waals surface area contributed by atoms with Crippen LogP contribution in [0.2, 0.25) is 0 Å². The zero-order valence-electron chi connectivity index (χ0n) is 13.2. The van der Waals surface area contributed by atoms with E-state index in [0.717, 1.165) is 5.56 Å². The monoisotopic (exact) mass is 319 g/mol. The lowest BCUT2D eigenvalue weighted by atomic mass is 9.87. The second kappa shape index (κ2) is 6.00. The standard InChI is InChI=1S/C15H21N5OS/c1-9(12(16)21)22-14-19-18-13(20(14)17)10-5-7-11(8-6-10)15(2,3)4/h5-9H,17H2,1-4H3,(H2,16,21)/t9-/m0/s1. The molecule has 0 unspecified atom stereocenters. The van der Waals surface area contributed by atoms with E-state index in [2.05, 4.69) is 43.1 Å². The number of primary amides is 1. The van der Waals surface area contributed by atoms with Crippen molar-refractivity contribution in [3.8, 4) is 11.4 Å². The molecule has 0 spiro atoms. The Morgan fingerprint density at radius 3 is 2.32 bits per heavy atom. The van der Waals surface area contributed by atoms with Gasteiger partial charge >= 0.3 is 0 Å². The van der Waals surface area contributed by atoms with Crippen LogP contribution in [0.1, 0.15) is 33.3 Å². The summed E-state index contributed by atoms with van der Waals surface area (Å²) in [4.78, 5) is 11.1. The molecule has 0 aliphatic heterocycles. The Balaban J connectivity index is 2.27. The van der Waals surface area contributed by atoms with Gasteiger partial charge in [-0.05, 0) is 17.9 Å². The van der Waals surface area contributed by atoms with Gasteiger partial charge in [0, 0.05) is 5.56 Å². The number of nitrogens with two attached hydrogens (primary N) is 2. The Morgan fingerprint density at radius 1 is 1.23 bits per heavy atom. The maximum Gasteiger partial charge on any atom is 0.230 e. The second-order valence-electron chi connectivity index (χ2n) is 6.17. The van der Waals surface area contributed by atoms with Gasteiger partial charge in [0.1, 0.15) is 0 Å². The van der Waals surface area contributed by atoms with Gasteiger partial charge in [-0.1, -0.05) is 56.8 Å². The van der Waals surface area contributed by atoms with Crippen LogP contribution in [0.3, 0.4) is 0 Å². The maximum absolute atomic E-state index is 11.1. The van der Waals surface area contributed by atoms with E-state index in [0.29, 0.717) is 11.0 Å². The number of aromatic nitrogens is 3. The highest BCUT2D eigenvalue weighted by atomic mass is 32.2. The highest BCUT2D eigenvalue weighted by Gasteiger charge is 2.19. The van der Waals surface area contributed by atoms with E-state index >= 15 is 0 Å². The number of benzene rings is 1.